The van der Waals surface area contributed by atoms with Crippen LogP contribution < -0.4 is 5.43 Å². The molecular formula is C15H22N3O4P. The Kier molecular flexibility index (Phi) is 4.25. The molecule has 3 aliphatic heterocycles. The fourth-order valence-corrected chi connectivity index (χ4v) is 4.68. The van der Waals surface area contributed by atoms with Gasteiger partial charge in [0.2, 0.25) is 0 Å². The lowest BCUT2D eigenvalue weighted by atomic mass is 10.1. The number of hydrazine groups is 1. The van der Waals surface area contributed by atoms with E-state index in [0.717, 1.165) is 0 Å². The van der Waals surface area contributed by atoms with Crippen LogP contribution in [0.15, 0.2) is 35.4 Å². The second kappa shape index (κ2) is 5.92. The number of carbonyl (C=O) groups is 1. The van der Waals surface area contributed by atoms with Crippen molar-refractivity contribution in [2.24, 2.45) is 0 Å². The third-order valence-corrected chi connectivity index (χ3v) is 6.00. The monoisotopic (exact) mass is 339 g/mol. The first-order valence-corrected chi connectivity index (χ1v) is 9.42. The van der Waals surface area contributed by atoms with Gasteiger partial charge in [0, 0.05) is 12.7 Å². The average Bonchev–Trinajstić information content (AvgIpc) is 2.49. The Hall–Kier alpha value is -1.37. The van der Waals surface area contributed by atoms with Crippen molar-refractivity contribution in [3.8, 4) is 0 Å². The summed E-state index contributed by atoms with van der Waals surface area (Å²) in [6.07, 6.45) is 6.90. The number of allylic oxidation sites excluding steroid dienone is 3. The van der Waals surface area contributed by atoms with E-state index in [9.17, 15) is 9.69 Å². The molecule has 0 aromatic carbocycles. The van der Waals surface area contributed by atoms with Crippen LogP contribution in [0.2, 0.25) is 0 Å². The number of hydrogen-bond donors (Lipinski definition) is 2. The third kappa shape index (κ3) is 2.69. The second-order valence-electron chi connectivity index (χ2n) is 5.68. The van der Waals surface area contributed by atoms with Gasteiger partial charge in [0.1, 0.15) is 19.2 Å². The number of carbonyl (C=O) groups excluding carboxylic acids is 1. The van der Waals surface area contributed by atoms with Crippen LogP contribution in [0, 0.1) is 0 Å². The van der Waals surface area contributed by atoms with E-state index in [2.05, 4.69) is 18.3 Å². The van der Waals surface area contributed by atoms with Crippen molar-refractivity contribution in [2.45, 2.75) is 26.1 Å². The van der Waals surface area contributed by atoms with Crippen LogP contribution in [0.5, 0.6) is 0 Å². The summed E-state index contributed by atoms with van der Waals surface area (Å²) in [5.41, 5.74) is 4.14. The Morgan fingerprint density at radius 3 is 3.04 bits per heavy atom. The van der Waals surface area contributed by atoms with Crippen LogP contribution in [0.1, 0.15) is 13.8 Å². The summed E-state index contributed by atoms with van der Waals surface area (Å²) in [5, 5.41) is 2.00. The largest absolute Gasteiger partial charge is 0.373 e. The zero-order valence-corrected chi connectivity index (χ0v) is 14.3. The molecule has 8 heteroatoms. The van der Waals surface area contributed by atoms with Crippen molar-refractivity contribution >= 4 is 19.5 Å². The van der Waals surface area contributed by atoms with Crippen molar-refractivity contribution in [2.75, 3.05) is 19.8 Å². The topological polar surface area (TPSA) is 74.3 Å². The van der Waals surface area contributed by atoms with Gasteiger partial charge in [-0.1, -0.05) is 6.58 Å². The molecule has 23 heavy (non-hydrogen) atoms. The third-order valence-electron chi connectivity index (χ3n) is 4.11. The average molecular weight is 339 g/mol. The highest BCUT2D eigenvalue weighted by molar-refractivity contribution is 7.68. The van der Waals surface area contributed by atoms with E-state index in [1.54, 1.807) is 29.1 Å². The summed E-state index contributed by atoms with van der Waals surface area (Å²) in [6.45, 7) is 8.92. The van der Waals surface area contributed by atoms with Gasteiger partial charge in [-0.25, -0.2) is 5.43 Å². The quantitative estimate of drug-likeness (QED) is 0.747. The molecule has 3 unspecified atom stereocenters. The Morgan fingerprint density at radius 1 is 1.61 bits per heavy atom. The van der Waals surface area contributed by atoms with E-state index in [1.807, 2.05) is 6.92 Å². The van der Waals surface area contributed by atoms with Crippen LogP contribution in [-0.4, -0.2) is 59.0 Å². The van der Waals surface area contributed by atoms with Crippen molar-refractivity contribution < 1.29 is 18.9 Å². The van der Waals surface area contributed by atoms with Crippen molar-refractivity contribution in [1.29, 1.82) is 0 Å². The highest BCUT2D eigenvalue weighted by Crippen LogP contribution is 2.56. The molecule has 0 bridgehead atoms. The van der Waals surface area contributed by atoms with Crippen molar-refractivity contribution in [3.05, 3.63) is 35.4 Å². The Morgan fingerprint density at radius 2 is 2.35 bits per heavy atom. The molecule has 3 heterocycles. The van der Waals surface area contributed by atoms with E-state index >= 15 is 0 Å². The molecule has 3 rings (SSSR count). The van der Waals surface area contributed by atoms with Crippen molar-refractivity contribution in [3.63, 3.8) is 0 Å². The maximum atomic E-state index is 13.0. The number of ether oxygens (including phenoxy) is 1. The zero-order chi connectivity index (χ0) is 16.8. The first-order chi connectivity index (χ1) is 10.9. The lowest BCUT2D eigenvalue weighted by molar-refractivity contribution is -0.156. The van der Waals surface area contributed by atoms with Gasteiger partial charge in [0.05, 0.1) is 24.6 Å². The van der Waals surface area contributed by atoms with E-state index in [1.165, 1.54) is 0 Å². The molecule has 3 atom stereocenters. The fourth-order valence-electron chi connectivity index (χ4n) is 3.07. The van der Waals surface area contributed by atoms with Gasteiger partial charge in [-0.2, -0.15) is 0 Å². The predicted octanol–water partition coefficient (Wildman–Crippen LogP) is 0.983. The van der Waals surface area contributed by atoms with Crippen LogP contribution in [0.3, 0.4) is 0 Å². The zero-order valence-electron chi connectivity index (χ0n) is 13.4. The minimum atomic E-state index is -3.14. The summed E-state index contributed by atoms with van der Waals surface area (Å²) in [4.78, 5) is 25.4. The Labute approximate surface area is 136 Å². The molecule has 2 N–H and O–H groups in total. The molecule has 0 radical (unpaired) electrons. The maximum absolute atomic E-state index is 13.0. The number of hydrogen-bond acceptors (Lipinski definition) is 6. The van der Waals surface area contributed by atoms with E-state index in [4.69, 9.17) is 9.26 Å². The smallest absolute Gasteiger partial charge is 0.274 e. The number of amides is 1. The van der Waals surface area contributed by atoms with Gasteiger partial charge in [-0.15, -0.1) is 0 Å². The molecular weight excluding hydrogens is 317 g/mol. The van der Waals surface area contributed by atoms with Crippen LogP contribution in [0.4, 0.5) is 0 Å². The lowest BCUT2D eigenvalue weighted by Gasteiger charge is -2.49. The first kappa shape index (κ1) is 16.5. The number of morpholine rings is 1. The lowest BCUT2D eigenvalue weighted by Crippen LogP contribution is -2.67. The summed E-state index contributed by atoms with van der Waals surface area (Å²) in [6, 6.07) is 0. The highest BCUT2D eigenvalue weighted by atomic mass is 31.2. The number of rotatable bonds is 3. The number of nitrogens with one attached hydrogen (secondary N) is 1. The van der Waals surface area contributed by atoms with Gasteiger partial charge < -0.3 is 19.1 Å². The predicted molar refractivity (Wildman–Crippen MR) is 89.1 cm³/mol. The van der Waals surface area contributed by atoms with Gasteiger partial charge in [0.25, 0.3) is 5.91 Å². The van der Waals surface area contributed by atoms with Crippen LogP contribution >= 0.6 is 7.34 Å². The van der Waals surface area contributed by atoms with Crippen molar-refractivity contribution in [1.82, 2.24) is 15.3 Å². The highest BCUT2D eigenvalue weighted by Gasteiger charge is 2.44. The molecule has 0 aromatic heterocycles. The van der Waals surface area contributed by atoms with E-state index in [0.29, 0.717) is 36.3 Å². The summed E-state index contributed by atoms with van der Waals surface area (Å²) < 4.78 is 11.1. The molecule has 2 saturated heterocycles. The Balaban J connectivity index is 2.08. The van der Waals surface area contributed by atoms with Gasteiger partial charge in [0.15, 0.2) is 0 Å². The molecule has 3 aliphatic rings. The maximum Gasteiger partial charge on any atom is 0.274 e. The SMILES string of the molecule is C=C1C=CN2NC3C(C)OCCN3C(=O)C2=C1P(=C)(O)OCC. The van der Waals surface area contributed by atoms with Crippen LogP contribution in [-0.2, 0) is 14.1 Å². The van der Waals surface area contributed by atoms with Gasteiger partial charge in [-0.3, -0.25) is 9.80 Å². The summed E-state index contributed by atoms with van der Waals surface area (Å²) in [7, 11) is -3.14. The van der Waals surface area contributed by atoms with E-state index < -0.39 is 7.34 Å². The second-order valence-corrected chi connectivity index (χ2v) is 7.78. The minimum Gasteiger partial charge on any atom is -0.373 e. The summed E-state index contributed by atoms with van der Waals surface area (Å²) in [5.74, 6) is -0.175. The van der Waals surface area contributed by atoms with E-state index in [-0.39, 0.29) is 18.2 Å². The van der Waals surface area contributed by atoms with Gasteiger partial charge in [-0.05, 0) is 31.8 Å². The fraction of sp³-hybridized carbons (Fsp3) is 0.467. The molecule has 1 amide bonds. The molecule has 126 valence electrons. The normalized spacial score (nSPS) is 30.2. The number of fused-ring (bicyclic) bond motifs is 2. The molecule has 0 aromatic rings. The minimum absolute atomic E-state index is 0.128. The molecule has 0 aliphatic carbocycles. The van der Waals surface area contributed by atoms with Gasteiger partial charge >= 0.3 is 0 Å². The summed E-state index contributed by atoms with van der Waals surface area (Å²) >= 11 is 0. The first-order valence-electron chi connectivity index (χ1n) is 7.58. The number of nitrogens with zero attached hydrogens (tertiary/aromatic N) is 2. The van der Waals surface area contributed by atoms with Crippen LogP contribution in [0.25, 0.3) is 0 Å². The molecule has 2 fully saturated rings. The molecule has 0 spiro atoms. The Bertz CT molecular complexity index is 657. The molecule has 7 nitrogen and oxygen atoms in total. The molecule has 0 saturated carbocycles. The standard InChI is InChI=1S/C15H22N3O4P/c1-5-22-23(4,20)13-10(2)6-7-18-12(13)15(19)17-8-9-21-11(3)14(17)16-18/h6-7,11,14,16,20H,2,4-5,8-9H2,1,3H3.